The van der Waals surface area contributed by atoms with Gasteiger partial charge in [-0.3, -0.25) is 0 Å². The van der Waals surface area contributed by atoms with Gasteiger partial charge in [-0.05, 0) is 43.0 Å². The number of rotatable bonds is 4. The lowest BCUT2D eigenvalue weighted by Crippen LogP contribution is -2.04. The lowest BCUT2D eigenvalue weighted by molar-refractivity contribution is 0.308. The second-order valence-corrected chi connectivity index (χ2v) is 4.29. The molecule has 0 saturated carbocycles. The largest absolute Gasteiger partial charge is 0.464 e. The fraction of sp³-hybridized carbons (Fsp3) is 0.182. The third kappa shape index (κ3) is 3.30. The van der Waals surface area contributed by atoms with Gasteiger partial charge in [0.25, 0.3) is 0 Å². The van der Waals surface area contributed by atoms with Gasteiger partial charge in [-0.1, -0.05) is 0 Å². The van der Waals surface area contributed by atoms with Crippen LogP contribution in [0.15, 0.2) is 34.3 Å². The first-order valence-corrected chi connectivity index (χ1v) is 6.07. The summed E-state index contributed by atoms with van der Waals surface area (Å²) < 4.78 is 17.9. The molecule has 5 nitrogen and oxygen atoms in total. The summed E-state index contributed by atoms with van der Waals surface area (Å²) in [5.74, 6) is -0.192. The van der Waals surface area contributed by atoms with Gasteiger partial charge >= 0.3 is 6.01 Å². The molecule has 18 heavy (non-hydrogen) atoms. The molecule has 94 valence electrons. The number of anilines is 1. The molecule has 7 heteroatoms. The minimum Gasteiger partial charge on any atom is -0.464 e. The van der Waals surface area contributed by atoms with Crippen LogP contribution in [0.1, 0.15) is 6.92 Å². The van der Waals surface area contributed by atoms with Gasteiger partial charge in [0.2, 0.25) is 11.1 Å². The van der Waals surface area contributed by atoms with Crippen LogP contribution in [0.2, 0.25) is 0 Å². The van der Waals surface area contributed by atoms with Crippen molar-refractivity contribution in [3.63, 3.8) is 0 Å². The maximum Gasteiger partial charge on any atom is 0.322 e. The van der Waals surface area contributed by atoms with E-state index in [9.17, 15) is 4.39 Å². The van der Waals surface area contributed by atoms with E-state index >= 15 is 0 Å². The van der Waals surface area contributed by atoms with Gasteiger partial charge in [0.05, 0.1) is 6.61 Å². The highest BCUT2D eigenvalue weighted by atomic mass is 32.2. The van der Waals surface area contributed by atoms with Crippen LogP contribution in [-0.4, -0.2) is 21.6 Å². The molecule has 0 aliphatic carbocycles. The van der Waals surface area contributed by atoms with Gasteiger partial charge in [0, 0.05) is 4.90 Å². The lowest BCUT2D eigenvalue weighted by Gasteiger charge is -2.04. The van der Waals surface area contributed by atoms with Crippen LogP contribution in [0.3, 0.4) is 0 Å². The molecule has 0 aliphatic heterocycles. The average Bonchev–Trinajstić information content (AvgIpc) is 2.32. The Morgan fingerprint density at radius 1 is 1.22 bits per heavy atom. The molecule has 0 amide bonds. The summed E-state index contributed by atoms with van der Waals surface area (Å²) in [6, 6.07) is 6.21. The van der Waals surface area contributed by atoms with E-state index in [0.717, 1.165) is 4.90 Å². The molecule has 1 aromatic carbocycles. The lowest BCUT2D eigenvalue weighted by atomic mass is 10.4. The normalized spacial score (nSPS) is 10.3. The molecule has 0 unspecified atom stereocenters. The number of hydrogen-bond donors (Lipinski definition) is 1. The molecule has 2 N–H and O–H groups in total. The Labute approximate surface area is 108 Å². The first-order chi connectivity index (χ1) is 8.67. The van der Waals surface area contributed by atoms with Crippen LogP contribution < -0.4 is 10.5 Å². The van der Waals surface area contributed by atoms with Crippen molar-refractivity contribution >= 4 is 17.7 Å². The van der Waals surface area contributed by atoms with Gasteiger partial charge in [0.15, 0.2) is 0 Å². The van der Waals surface area contributed by atoms with Crippen LogP contribution in [0.4, 0.5) is 10.3 Å². The predicted octanol–water partition coefficient (Wildman–Crippen LogP) is 2.14. The summed E-state index contributed by atoms with van der Waals surface area (Å²) in [5.41, 5.74) is 5.55. The van der Waals surface area contributed by atoms with E-state index in [-0.39, 0.29) is 17.8 Å². The number of hydrogen-bond acceptors (Lipinski definition) is 6. The minimum absolute atomic E-state index is 0.0954. The van der Waals surface area contributed by atoms with Crippen molar-refractivity contribution in [2.24, 2.45) is 0 Å². The molecular weight excluding hydrogens is 255 g/mol. The van der Waals surface area contributed by atoms with Crippen molar-refractivity contribution in [3.8, 4) is 6.01 Å². The second kappa shape index (κ2) is 5.63. The fourth-order valence-corrected chi connectivity index (χ4v) is 1.95. The molecular formula is C11H11FN4OS. The number of nitrogen functional groups attached to an aromatic ring is 1. The van der Waals surface area contributed by atoms with Crippen LogP contribution in [-0.2, 0) is 0 Å². The first-order valence-electron chi connectivity index (χ1n) is 5.25. The molecule has 0 fully saturated rings. The first kappa shape index (κ1) is 12.6. The molecule has 1 aromatic heterocycles. The summed E-state index contributed by atoms with van der Waals surface area (Å²) in [7, 11) is 0. The smallest absolute Gasteiger partial charge is 0.322 e. The predicted molar refractivity (Wildman–Crippen MR) is 65.9 cm³/mol. The van der Waals surface area contributed by atoms with Gasteiger partial charge in [-0.25, -0.2) is 4.39 Å². The Morgan fingerprint density at radius 2 is 1.94 bits per heavy atom. The van der Waals surface area contributed by atoms with E-state index in [4.69, 9.17) is 10.5 Å². The van der Waals surface area contributed by atoms with Crippen LogP contribution in [0.25, 0.3) is 0 Å². The number of benzene rings is 1. The Hall–Kier alpha value is -1.89. The van der Waals surface area contributed by atoms with Crippen LogP contribution in [0, 0.1) is 5.82 Å². The second-order valence-electron chi connectivity index (χ2n) is 3.25. The topological polar surface area (TPSA) is 73.9 Å². The molecule has 1 heterocycles. The standard InChI is InChI=1S/C11H11FN4OS/c1-2-17-10-14-9(13)15-11(16-10)18-8-5-3-7(12)4-6-8/h3-6H,2H2,1H3,(H2,13,14,15,16). The summed E-state index contributed by atoms with van der Waals surface area (Å²) in [4.78, 5) is 12.7. The number of nitrogens with zero attached hydrogens (tertiary/aromatic N) is 3. The molecule has 0 spiro atoms. The highest BCUT2D eigenvalue weighted by Gasteiger charge is 2.07. The fourth-order valence-electron chi connectivity index (χ4n) is 1.20. The average molecular weight is 266 g/mol. The van der Waals surface area contributed by atoms with Crippen LogP contribution >= 0.6 is 11.8 Å². The third-order valence-electron chi connectivity index (χ3n) is 1.91. The maximum atomic E-state index is 12.8. The molecule has 2 aromatic rings. The summed E-state index contributed by atoms with van der Waals surface area (Å²) in [5, 5.41) is 0.414. The molecule has 0 radical (unpaired) electrons. The molecule has 0 bridgehead atoms. The number of ether oxygens (including phenoxy) is 1. The van der Waals surface area contributed by atoms with Crippen molar-refractivity contribution in [3.05, 3.63) is 30.1 Å². The maximum absolute atomic E-state index is 12.8. The van der Waals surface area contributed by atoms with Gasteiger partial charge in [0.1, 0.15) is 5.82 Å². The Bertz CT molecular complexity index is 535. The van der Waals surface area contributed by atoms with Gasteiger partial charge in [-0.15, -0.1) is 0 Å². The Kier molecular flexibility index (Phi) is 3.93. The van der Waals surface area contributed by atoms with E-state index in [0.29, 0.717) is 11.8 Å². The van der Waals surface area contributed by atoms with Crippen LogP contribution in [0.5, 0.6) is 6.01 Å². The van der Waals surface area contributed by atoms with Gasteiger partial charge in [-0.2, -0.15) is 15.0 Å². The summed E-state index contributed by atoms with van der Waals surface area (Å²) in [6.45, 7) is 2.27. The van der Waals surface area contributed by atoms with Crippen molar-refractivity contribution in [1.29, 1.82) is 0 Å². The van der Waals surface area contributed by atoms with Crippen molar-refractivity contribution in [1.82, 2.24) is 15.0 Å². The molecule has 0 aliphatic rings. The van der Waals surface area contributed by atoms with E-state index in [1.807, 2.05) is 6.92 Å². The summed E-state index contributed by atoms with van der Waals surface area (Å²) >= 11 is 1.26. The molecule has 0 saturated heterocycles. The highest BCUT2D eigenvalue weighted by Crippen LogP contribution is 2.25. The van der Waals surface area contributed by atoms with E-state index in [1.165, 1.54) is 23.9 Å². The third-order valence-corrected chi connectivity index (χ3v) is 2.78. The summed E-state index contributed by atoms with van der Waals surface area (Å²) in [6.07, 6.45) is 0. The monoisotopic (exact) mass is 266 g/mol. The zero-order valence-corrected chi connectivity index (χ0v) is 10.4. The van der Waals surface area contributed by atoms with E-state index in [2.05, 4.69) is 15.0 Å². The number of nitrogens with two attached hydrogens (primary N) is 1. The Morgan fingerprint density at radius 3 is 2.61 bits per heavy atom. The molecule has 0 atom stereocenters. The van der Waals surface area contributed by atoms with Crippen molar-refractivity contribution in [2.75, 3.05) is 12.3 Å². The van der Waals surface area contributed by atoms with E-state index < -0.39 is 0 Å². The number of halogens is 1. The molecule has 2 rings (SSSR count). The Balaban J connectivity index is 2.20. The zero-order chi connectivity index (χ0) is 13.0. The SMILES string of the molecule is CCOc1nc(N)nc(Sc2ccc(F)cc2)n1. The highest BCUT2D eigenvalue weighted by molar-refractivity contribution is 7.99. The van der Waals surface area contributed by atoms with Crippen molar-refractivity contribution in [2.45, 2.75) is 17.0 Å². The van der Waals surface area contributed by atoms with E-state index in [1.54, 1.807) is 12.1 Å². The number of aromatic nitrogens is 3. The quantitative estimate of drug-likeness (QED) is 0.914. The van der Waals surface area contributed by atoms with Crippen molar-refractivity contribution < 1.29 is 9.13 Å². The minimum atomic E-state index is -0.287. The van der Waals surface area contributed by atoms with Gasteiger partial charge < -0.3 is 10.5 Å². The zero-order valence-electron chi connectivity index (χ0n) is 9.63.